The summed E-state index contributed by atoms with van der Waals surface area (Å²) in [6.07, 6.45) is 0.246. The summed E-state index contributed by atoms with van der Waals surface area (Å²) in [6, 6.07) is 5.53. The van der Waals surface area contributed by atoms with Crippen molar-refractivity contribution < 1.29 is 14.3 Å². The van der Waals surface area contributed by atoms with Crippen molar-refractivity contribution in [3.05, 3.63) is 23.9 Å². The van der Waals surface area contributed by atoms with E-state index in [9.17, 15) is 9.59 Å². The molecule has 0 aliphatic heterocycles. The first-order valence-electron chi connectivity index (χ1n) is 5.83. The van der Waals surface area contributed by atoms with Crippen molar-refractivity contribution in [2.45, 2.75) is 13.3 Å². The van der Waals surface area contributed by atoms with Crippen molar-refractivity contribution in [3.8, 4) is 5.75 Å². The SMILES string of the molecule is COc1ccc2snc(C(=O)CCNC(C)=O)c2c1. The molecule has 1 N–H and O–H groups in total. The molecule has 0 aliphatic carbocycles. The molecule has 6 heteroatoms. The van der Waals surface area contributed by atoms with Crippen molar-refractivity contribution in [3.63, 3.8) is 0 Å². The predicted octanol–water partition coefficient (Wildman–Crippen LogP) is 2.01. The fourth-order valence-corrected chi connectivity index (χ4v) is 2.49. The van der Waals surface area contributed by atoms with Gasteiger partial charge in [0.25, 0.3) is 0 Å². The van der Waals surface area contributed by atoms with Gasteiger partial charge in [0.1, 0.15) is 11.4 Å². The molecule has 0 spiro atoms. The molecule has 0 aliphatic rings. The minimum atomic E-state index is -0.141. The molecule has 1 aromatic heterocycles. The van der Waals surface area contributed by atoms with Crippen LogP contribution >= 0.6 is 11.5 Å². The lowest BCUT2D eigenvalue weighted by atomic mass is 10.1. The van der Waals surface area contributed by atoms with Crippen molar-refractivity contribution >= 4 is 33.3 Å². The van der Waals surface area contributed by atoms with Gasteiger partial charge in [-0.1, -0.05) is 0 Å². The van der Waals surface area contributed by atoms with Crippen LogP contribution < -0.4 is 10.1 Å². The highest BCUT2D eigenvalue weighted by Crippen LogP contribution is 2.27. The Morgan fingerprint density at radius 2 is 2.21 bits per heavy atom. The van der Waals surface area contributed by atoms with E-state index in [1.54, 1.807) is 7.11 Å². The highest BCUT2D eigenvalue weighted by molar-refractivity contribution is 7.13. The minimum Gasteiger partial charge on any atom is -0.497 e. The van der Waals surface area contributed by atoms with Gasteiger partial charge in [-0.15, -0.1) is 0 Å². The maximum Gasteiger partial charge on any atom is 0.216 e. The molecule has 100 valence electrons. The molecule has 5 nitrogen and oxygen atoms in total. The monoisotopic (exact) mass is 278 g/mol. The molecule has 0 fully saturated rings. The summed E-state index contributed by atoms with van der Waals surface area (Å²) in [5.74, 6) is 0.481. The van der Waals surface area contributed by atoms with Gasteiger partial charge in [0.2, 0.25) is 5.91 Å². The molecule has 0 saturated heterocycles. The molecule has 1 heterocycles. The van der Waals surface area contributed by atoms with E-state index in [1.165, 1.54) is 18.5 Å². The Kier molecular flexibility index (Phi) is 4.11. The Morgan fingerprint density at radius 1 is 1.42 bits per heavy atom. The third-order valence-corrected chi connectivity index (χ3v) is 3.49. The number of amides is 1. The standard InChI is InChI=1S/C13H14N2O3S/c1-8(16)14-6-5-11(17)13-10-7-9(18-2)3-4-12(10)19-15-13/h3-4,7H,5-6H2,1-2H3,(H,14,16). The number of hydrogen-bond acceptors (Lipinski definition) is 5. The molecule has 0 unspecified atom stereocenters. The summed E-state index contributed by atoms with van der Waals surface area (Å²) >= 11 is 1.29. The molecule has 2 rings (SSSR count). The quantitative estimate of drug-likeness (QED) is 0.849. The van der Waals surface area contributed by atoms with Crippen LogP contribution in [0.15, 0.2) is 18.2 Å². The van der Waals surface area contributed by atoms with Crippen molar-refractivity contribution in [1.82, 2.24) is 9.69 Å². The Labute approximate surface area is 114 Å². The summed E-state index contributed by atoms with van der Waals surface area (Å²) in [6.45, 7) is 1.75. The van der Waals surface area contributed by atoms with E-state index in [0.717, 1.165) is 10.1 Å². The fraction of sp³-hybridized carbons (Fsp3) is 0.308. The van der Waals surface area contributed by atoms with Crippen LogP contribution in [0.3, 0.4) is 0 Å². The number of carbonyl (C=O) groups is 2. The lowest BCUT2D eigenvalue weighted by Gasteiger charge is -2.01. The summed E-state index contributed by atoms with van der Waals surface area (Å²) in [5, 5.41) is 3.40. The van der Waals surface area contributed by atoms with Crippen molar-refractivity contribution in [1.29, 1.82) is 0 Å². The maximum absolute atomic E-state index is 12.1. The second kappa shape index (κ2) is 5.79. The lowest BCUT2D eigenvalue weighted by molar-refractivity contribution is -0.118. The van der Waals surface area contributed by atoms with Crippen LogP contribution in [-0.4, -0.2) is 29.7 Å². The van der Waals surface area contributed by atoms with Gasteiger partial charge in [-0.2, -0.15) is 4.37 Å². The number of benzene rings is 1. The molecule has 1 amide bonds. The number of nitrogens with one attached hydrogen (secondary N) is 1. The van der Waals surface area contributed by atoms with Gasteiger partial charge in [-0.3, -0.25) is 9.59 Å². The molecule has 0 atom stereocenters. The number of methoxy groups -OCH3 is 1. The van der Waals surface area contributed by atoms with Crippen molar-refractivity contribution in [2.75, 3.05) is 13.7 Å². The number of ketones is 1. The second-order valence-electron chi connectivity index (χ2n) is 4.05. The molecular formula is C13H14N2O3S. The van der Waals surface area contributed by atoms with Gasteiger partial charge in [-0.05, 0) is 29.7 Å². The number of ether oxygens (including phenoxy) is 1. The summed E-state index contributed by atoms with van der Waals surface area (Å²) in [4.78, 5) is 22.8. The van der Waals surface area contributed by atoms with Crippen LogP contribution in [0, 0.1) is 0 Å². The van der Waals surface area contributed by atoms with E-state index in [2.05, 4.69) is 9.69 Å². The summed E-state index contributed by atoms with van der Waals surface area (Å²) in [7, 11) is 1.58. The number of fused-ring (bicyclic) bond motifs is 1. The zero-order valence-corrected chi connectivity index (χ0v) is 11.5. The number of nitrogens with zero attached hydrogens (tertiary/aromatic N) is 1. The summed E-state index contributed by atoms with van der Waals surface area (Å²) < 4.78 is 10.3. The molecule has 0 saturated carbocycles. The van der Waals surface area contributed by atoms with Crippen LogP contribution in [0.25, 0.3) is 10.1 Å². The average molecular weight is 278 g/mol. The second-order valence-corrected chi connectivity index (χ2v) is 4.85. The van der Waals surface area contributed by atoms with Crippen molar-refractivity contribution in [2.24, 2.45) is 0 Å². The number of aromatic nitrogens is 1. The highest BCUT2D eigenvalue weighted by atomic mass is 32.1. The zero-order chi connectivity index (χ0) is 13.8. The third-order valence-electron chi connectivity index (χ3n) is 2.67. The van der Waals surface area contributed by atoms with Crippen LogP contribution in [0.5, 0.6) is 5.75 Å². The number of Topliss-reactive ketones (excluding diaryl/α,β-unsaturated/α-hetero) is 1. The van der Waals surface area contributed by atoms with Crippen LogP contribution in [0.1, 0.15) is 23.8 Å². The van der Waals surface area contributed by atoms with Gasteiger partial charge < -0.3 is 10.1 Å². The largest absolute Gasteiger partial charge is 0.497 e. The lowest BCUT2D eigenvalue weighted by Crippen LogP contribution is -2.23. The third kappa shape index (κ3) is 3.08. The highest BCUT2D eigenvalue weighted by Gasteiger charge is 2.14. The van der Waals surface area contributed by atoms with Gasteiger partial charge >= 0.3 is 0 Å². The average Bonchev–Trinajstić information content (AvgIpc) is 2.80. The summed E-state index contributed by atoms with van der Waals surface area (Å²) in [5.41, 5.74) is 0.448. The topological polar surface area (TPSA) is 68.3 Å². The van der Waals surface area contributed by atoms with E-state index >= 15 is 0 Å². The molecule has 2 aromatic rings. The zero-order valence-electron chi connectivity index (χ0n) is 10.7. The van der Waals surface area contributed by atoms with Crippen LogP contribution in [-0.2, 0) is 4.79 Å². The molecule has 0 bridgehead atoms. The number of carbonyl (C=O) groups excluding carboxylic acids is 2. The van der Waals surface area contributed by atoms with E-state index in [0.29, 0.717) is 18.0 Å². The Balaban J connectivity index is 2.19. The number of rotatable bonds is 5. The molecule has 1 aromatic carbocycles. The van der Waals surface area contributed by atoms with Gasteiger partial charge in [0.15, 0.2) is 5.78 Å². The van der Waals surface area contributed by atoms with E-state index in [-0.39, 0.29) is 18.1 Å². The van der Waals surface area contributed by atoms with Crippen LogP contribution in [0.4, 0.5) is 0 Å². The van der Waals surface area contributed by atoms with Gasteiger partial charge in [-0.25, -0.2) is 0 Å². The Bertz CT molecular complexity index is 621. The molecular weight excluding hydrogens is 264 g/mol. The van der Waals surface area contributed by atoms with E-state index < -0.39 is 0 Å². The molecule has 0 radical (unpaired) electrons. The first-order chi connectivity index (χ1) is 9.11. The predicted molar refractivity (Wildman–Crippen MR) is 73.8 cm³/mol. The van der Waals surface area contributed by atoms with Gasteiger partial charge in [0.05, 0.1) is 11.8 Å². The Hall–Kier alpha value is -1.95. The Morgan fingerprint density at radius 3 is 2.89 bits per heavy atom. The first kappa shape index (κ1) is 13.5. The van der Waals surface area contributed by atoms with Crippen LogP contribution in [0.2, 0.25) is 0 Å². The minimum absolute atomic E-state index is 0.0757. The maximum atomic E-state index is 12.1. The van der Waals surface area contributed by atoms with E-state index in [4.69, 9.17) is 4.74 Å². The normalized spacial score (nSPS) is 10.4. The number of hydrogen-bond donors (Lipinski definition) is 1. The van der Waals surface area contributed by atoms with E-state index in [1.807, 2.05) is 18.2 Å². The van der Waals surface area contributed by atoms with Gasteiger partial charge in [0, 0.05) is 25.3 Å². The fourth-order valence-electron chi connectivity index (χ4n) is 1.72. The smallest absolute Gasteiger partial charge is 0.216 e. The molecule has 19 heavy (non-hydrogen) atoms. The first-order valence-corrected chi connectivity index (χ1v) is 6.60.